The number of rotatable bonds is 8. The Balaban J connectivity index is 2.20. The molecule has 3 amide bonds. The minimum atomic E-state index is -0.814. The number of carbonyl (C=O) groups is 3. The minimum Gasteiger partial charge on any atom is -0.496 e. The van der Waals surface area contributed by atoms with E-state index in [-0.39, 0.29) is 19.0 Å². The normalized spacial score (nSPS) is 10.8. The predicted molar refractivity (Wildman–Crippen MR) is 97.0 cm³/mol. The number of carbonyl (C=O) groups excluding carboxylic acids is 3. The Bertz CT molecular complexity index is 625. The summed E-state index contributed by atoms with van der Waals surface area (Å²) >= 11 is 0. The molecule has 0 saturated heterocycles. The fraction of sp³-hybridized carbons (Fsp3) is 0.500. The molecule has 144 valence electrons. The molecule has 8 heteroatoms. The summed E-state index contributed by atoms with van der Waals surface area (Å²) in [5.74, 6) is -0.0373. The molecule has 0 aliphatic carbocycles. The number of benzene rings is 1. The molecule has 26 heavy (non-hydrogen) atoms. The topological polar surface area (TPSA) is 106 Å². The van der Waals surface area contributed by atoms with Crippen molar-refractivity contribution >= 4 is 17.9 Å². The summed E-state index contributed by atoms with van der Waals surface area (Å²) in [7, 11) is 1.60. The summed E-state index contributed by atoms with van der Waals surface area (Å²) in [6.45, 7) is 5.35. The Labute approximate surface area is 153 Å². The molecule has 0 aliphatic rings. The molecule has 0 aromatic heterocycles. The molecule has 1 aromatic carbocycles. The molecule has 0 fully saturated rings. The third-order valence-electron chi connectivity index (χ3n) is 3.12. The van der Waals surface area contributed by atoms with E-state index in [0.29, 0.717) is 13.0 Å². The Morgan fingerprint density at radius 1 is 1.04 bits per heavy atom. The van der Waals surface area contributed by atoms with Gasteiger partial charge in [-0.3, -0.25) is 20.2 Å². The number of hydrogen-bond donors (Lipinski definition) is 3. The molecule has 0 atom stereocenters. The zero-order valence-electron chi connectivity index (χ0n) is 15.7. The smallest absolute Gasteiger partial charge is 0.414 e. The molecule has 3 N–H and O–H groups in total. The first-order valence-corrected chi connectivity index (χ1v) is 8.33. The van der Waals surface area contributed by atoms with Crippen molar-refractivity contribution < 1.29 is 23.9 Å². The van der Waals surface area contributed by atoms with Gasteiger partial charge in [-0.2, -0.15) is 0 Å². The van der Waals surface area contributed by atoms with Crippen LogP contribution in [0.25, 0.3) is 0 Å². The molecule has 1 aromatic rings. The summed E-state index contributed by atoms with van der Waals surface area (Å²) in [4.78, 5) is 34.7. The summed E-state index contributed by atoms with van der Waals surface area (Å²) in [6.07, 6.45) is -0.180. The van der Waals surface area contributed by atoms with Crippen LogP contribution in [-0.2, 0) is 20.7 Å². The van der Waals surface area contributed by atoms with E-state index in [1.54, 1.807) is 27.9 Å². The molecule has 8 nitrogen and oxygen atoms in total. The van der Waals surface area contributed by atoms with Crippen LogP contribution in [0.3, 0.4) is 0 Å². The number of ether oxygens (including phenoxy) is 2. The number of alkyl carbamates (subject to hydrolysis) is 1. The molecule has 0 aliphatic heterocycles. The minimum absolute atomic E-state index is 0.0341. The van der Waals surface area contributed by atoms with E-state index in [0.717, 1.165) is 11.3 Å². The van der Waals surface area contributed by atoms with Crippen LogP contribution < -0.4 is 20.7 Å². The van der Waals surface area contributed by atoms with Crippen LogP contribution in [0.2, 0.25) is 0 Å². The first-order valence-electron chi connectivity index (χ1n) is 8.33. The van der Waals surface area contributed by atoms with E-state index in [9.17, 15) is 14.4 Å². The number of para-hydroxylation sites is 1. The first kappa shape index (κ1) is 21.4. The maximum absolute atomic E-state index is 11.8. The second-order valence-electron chi connectivity index (χ2n) is 6.57. The fourth-order valence-electron chi connectivity index (χ4n) is 2.06. The molecular weight excluding hydrogens is 338 g/mol. The summed E-state index contributed by atoms with van der Waals surface area (Å²) < 4.78 is 10.2. The van der Waals surface area contributed by atoms with Crippen LogP contribution in [-0.4, -0.2) is 50.3 Å². The Hall–Kier alpha value is -2.61. The van der Waals surface area contributed by atoms with Crippen LogP contribution in [0.15, 0.2) is 24.3 Å². The van der Waals surface area contributed by atoms with Gasteiger partial charge in [0.25, 0.3) is 0 Å². The molecule has 0 bridgehead atoms. The van der Waals surface area contributed by atoms with E-state index < -0.39 is 17.6 Å². The van der Waals surface area contributed by atoms with Crippen molar-refractivity contribution in [2.75, 3.05) is 26.7 Å². The lowest BCUT2D eigenvalue weighted by Crippen LogP contribution is -2.43. The van der Waals surface area contributed by atoms with Crippen molar-refractivity contribution in [3.63, 3.8) is 0 Å². The Morgan fingerprint density at radius 3 is 2.35 bits per heavy atom. The zero-order valence-corrected chi connectivity index (χ0v) is 15.7. The fourth-order valence-corrected chi connectivity index (χ4v) is 2.06. The van der Waals surface area contributed by atoms with Crippen LogP contribution in [0, 0.1) is 0 Å². The van der Waals surface area contributed by atoms with Gasteiger partial charge in [0.15, 0.2) is 0 Å². The van der Waals surface area contributed by atoms with Gasteiger partial charge >= 0.3 is 6.09 Å². The van der Waals surface area contributed by atoms with Gasteiger partial charge in [-0.05, 0) is 38.8 Å². The van der Waals surface area contributed by atoms with Gasteiger partial charge in [-0.25, -0.2) is 4.79 Å². The largest absolute Gasteiger partial charge is 0.496 e. The highest BCUT2D eigenvalue weighted by atomic mass is 16.6. The first-order chi connectivity index (χ1) is 12.2. The second kappa shape index (κ2) is 10.4. The third kappa shape index (κ3) is 9.03. The summed E-state index contributed by atoms with van der Waals surface area (Å²) in [5.41, 5.74) is 0.319. The highest BCUT2D eigenvalue weighted by Gasteiger charge is 2.18. The third-order valence-corrected chi connectivity index (χ3v) is 3.12. The molecule has 0 radical (unpaired) electrons. The Kier molecular flexibility index (Phi) is 8.57. The highest BCUT2D eigenvalue weighted by molar-refractivity contribution is 5.93. The molecule has 0 saturated carbocycles. The van der Waals surface area contributed by atoms with E-state index in [4.69, 9.17) is 9.47 Å². The van der Waals surface area contributed by atoms with Gasteiger partial charge in [-0.1, -0.05) is 18.2 Å². The number of nitrogens with one attached hydrogen (secondary N) is 3. The van der Waals surface area contributed by atoms with Crippen molar-refractivity contribution in [1.29, 1.82) is 0 Å². The summed E-state index contributed by atoms with van der Waals surface area (Å²) in [6, 6.07) is 7.59. The van der Waals surface area contributed by atoms with Crippen molar-refractivity contribution in [3.8, 4) is 5.75 Å². The van der Waals surface area contributed by atoms with E-state index >= 15 is 0 Å². The van der Waals surface area contributed by atoms with Crippen LogP contribution in [0.4, 0.5) is 4.79 Å². The second-order valence-corrected chi connectivity index (χ2v) is 6.57. The molecule has 0 heterocycles. The van der Waals surface area contributed by atoms with E-state index in [1.165, 1.54) is 0 Å². The standard InChI is InChI=1S/C18H27N3O5/c1-18(2,3)26-17(24)21-16(23)12-19-11-15(22)20-10-9-13-7-5-6-8-14(13)25-4/h5-8,19H,9-12H2,1-4H3,(H,20,22)(H,21,23,24). The van der Waals surface area contributed by atoms with Gasteiger partial charge in [-0.15, -0.1) is 0 Å². The van der Waals surface area contributed by atoms with Gasteiger partial charge in [0.1, 0.15) is 11.4 Å². The number of imide groups is 1. The van der Waals surface area contributed by atoms with Gasteiger partial charge < -0.3 is 14.8 Å². The molecule has 0 spiro atoms. The zero-order chi connectivity index (χ0) is 19.6. The van der Waals surface area contributed by atoms with Crippen molar-refractivity contribution in [2.45, 2.75) is 32.8 Å². The maximum atomic E-state index is 11.8. The highest BCUT2D eigenvalue weighted by Crippen LogP contribution is 2.17. The molecule has 0 unspecified atom stereocenters. The van der Waals surface area contributed by atoms with Crippen molar-refractivity contribution in [2.24, 2.45) is 0 Å². The Morgan fingerprint density at radius 2 is 1.69 bits per heavy atom. The number of methoxy groups -OCH3 is 1. The molecule has 1 rings (SSSR count). The maximum Gasteiger partial charge on any atom is 0.414 e. The lowest BCUT2D eigenvalue weighted by molar-refractivity contribution is -0.121. The van der Waals surface area contributed by atoms with Gasteiger partial charge in [0, 0.05) is 6.54 Å². The average molecular weight is 365 g/mol. The SMILES string of the molecule is COc1ccccc1CCNC(=O)CNCC(=O)NC(=O)OC(C)(C)C. The molecular formula is C18H27N3O5. The average Bonchev–Trinajstić information content (AvgIpc) is 2.53. The van der Waals surface area contributed by atoms with Gasteiger partial charge in [0.05, 0.1) is 20.2 Å². The van der Waals surface area contributed by atoms with E-state index in [2.05, 4.69) is 16.0 Å². The van der Waals surface area contributed by atoms with Crippen LogP contribution >= 0.6 is 0 Å². The lowest BCUT2D eigenvalue weighted by Gasteiger charge is -2.19. The van der Waals surface area contributed by atoms with Gasteiger partial charge in [0.2, 0.25) is 11.8 Å². The quantitative estimate of drug-likeness (QED) is 0.635. The van der Waals surface area contributed by atoms with Crippen LogP contribution in [0.5, 0.6) is 5.75 Å². The lowest BCUT2D eigenvalue weighted by atomic mass is 10.1. The van der Waals surface area contributed by atoms with Crippen LogP contribution in [0.1, 0.15) is 26.3 Å². The number of hydrogen-bond acceptors (Lipinski definition) is 6. The van der Waals surface area contributed by atoms with E-state index in [1.807, 2.05) is 24.3 Å². The summed E-state index contributed by atoms with van der Waals surface area (Å²) in [5, 5.41) is 7.49. The predicted octanol–water partition coefficient (Wildman–Crippen LogP) is 0.995. The number of amides is 3. The van der Waals surface area contributed by atoms with Crippen molar-refractivity contribution in [3.05, 3.63) is 29.8 Å². The van der Waals surface area contributed by atoms with Crippen molar-refractivity contribution in [1.82, 2.24) is 16.0 Å². The monoisotopic (exact) mass is 365 g/mol.